The number of anilines is 1. The molecule has 1 fully saturated rings. The Labute approximate surface area is 252 Å². The number of sulfonamides is 1. The fraction of sp³-hybridized carbons (Fsp3) is 0.355. The molecule has 0 unspecified atom stereocenters. The van der Waals surface area contributed by atoms with Gasteiger partial charge in [0.25, 0.3) is 10.0 Å². The van der Waals surface area contributed by atoms with Gasteiger partial charge in [-0.25, -0.2) is 8.42 Å². The van der Waals surface area contributed by atoms with E-state index < -0.39 is 28.5 Å². The minimum absolute atomic E-state index is 0.0385. The molecule has 0 saturated heterocycles. The maximum Gasteiger partial charge on any atom is 0.264 e. The SMILES string of the molecule is Cc1ccc(S(=O)(=O)N(CC(=O)N(Cc2ccccc2Cl)[C@@H](C)C(=O)NC2CCCCC2)c2ccc(Cl)cc2)cc1. The third-order valence-electron chi connectivity index (χ3n) is 7.42. The molecule has 0 spiro atoms. The van der Waals surface area contributed by atoms with Crippen LogP contribution in [0.15, 0.2) is 77.7 Å². The fourth-order valence-corrected chi connectivity index (χ4v) is 6.67. The quantitative estimate of drug-likeness (QED) is 0.287. The zero-order chi connectivity index (χ0) is 29.6. The number of amides is 2. The van der Waals surface area contributed by atoms with Crippen LogP contribution in [0.3, 0.4) is 0 Å². The first kappa shape index (κ1) is 30.9. The Morgan fingerprint density at radius 2 is 1.56 bits per heavy atom. The molecule has 1 N–H and O–H groups in total. The standard InChI is InChI=1S/C31H35Cl2N3O4S/c1-22-12-18-28(19-13-22)41(39,40)36(27-16-14-25(32)15-17-27)21-30(37)35(20-24-8-6-7-11-29(24)33)23(2)31(38)34-26-9-4-3-5-10-26/h6-8,11-19,23,26H,3-5,9-10,20-21H2,1-2H3,(H,34,38)/t23-/m0/s1. The fourth-order valence-electron chi connectivity index (χ4n) is 4.94. The molecule has 7 nitrogen and oxygen atoms in total. The maximum atomic E-state index is 14.1. The molecule has 218 valence electrons. The first-order valence-corrected chi connectivity index (χ1v) is 15.9. The molecule has 0 bridgehead atoms. The molecule has 1 atom stereocenters. The lowest BCUT2D eigenvalue weighted by molar-refractivity contribution is -0.139. The number of nitrogens with zero attached hydrogens (tertiary/aromatic N) is 2. The minimum Gasteiger partial charge on any atom is -0.352 e. The Kier molecular flexibility index (Phi) is 10.3. The molecule has 3 aromatic carbocycles. The topological polar surface area (TPSA) is 86.8 Å². The molecule has 0 heterocycles. The zero-order valence-corrected chi connectivity index (χ0v) is 25.6. The summed E-state index contributed by atoms with van der Waals surface area (Å²) in [6, 6.07) is 19.0. The van der Waals surface area contributed by atoms with Gasteiger partial charge in [0.05, 0.1) is 10.6 Å². The van der Waals surface area contributed by atoms with Crippen molar-refractivity contribution in [3.63, 3.8) is 0 Å². The lowest BCUT2D eigenvalue weighted by Crippen LogP contribution is -2.53. The van der Waals surface area contributed by atoms with Gasteiger partial charge in [-0.15, -0.1) is 0 Å². The van der Waals surface area contributed by atoms with Crippen LogP contribution >= 0.6 is 23.2 Å². The van der Waals surface area contributed by atoms with E-state index >= 15 is 0 Å². The summed E-state index contributed by atoms with van der Waals surface area (Å²) in [5.41, 5.74) is 1.83. The van der Waals surface area contributed by atoms with Crippen molar-refractivity contribution in [2.75, 3.05) is 10.8 Å². The number of rotatable bonds is 10. The van der Waals surface area contributed by atoms with E-state index in [1.54, 1.807) is 67.6 Å². The monoisotopic (exact) mass is 615 g/mol. The number of carbonyl (C=O) groups excluding carboxylic acids is 2. The van der Waals surface area contributed by atoms with Gasteiger partial charge < -0.3 is 10.2 Å². The minimum atomic E-state index is -4.15. The van der Waals surface area contributed by atoms with E-state index in [-0.39, 0.29) is 29.1 Å². The van der Waals surface area contributed by atoms with Crippen LogP contribution in [0, 0.1) is 6.92 Å². The highest BCUT2D eigenvalue weighted by atomic mass is 35.5. The predicted molar refractivity (Wildman–Crippen MR) is 164 cm³/mol. The van der Waals surface area contributed by atoms with Crippen LogP contribution in [0.1, 0.15) is 50.2 Å². The first-order valence-electron chi connectivity index (χ1n) is 13.7. The zero-order valence-electron chi connectivity index (χ0n) is 23.2. The second-order valence-electron chi connectivity index (χ2n) is 10.4. The Morgan fingerprint density at radius 3 is 2.20 bits per heavy atom. The molecule has 1 saturated carbocycles. The number of benzene rings is 3. The number of carbonyl (C=O) groups is 2. The molecule has 1 aliphatic carbocycles. The highest BCUT2D eigenvalue weighted by Crippen LogP contribution is 2.27. The Hall–Kier alpha value is -3.07. The van der Waals surface area contributed by atoms with Gasteiger partial charge in [-0.05, 0) is 74.7 Å². The number of aryl methyl sites for hydroxylation is 1. The Morgan fingerprint density at radius 1 is 0.927 bits per heavy atom. The third kappa shape index (κ3) is 7.82. The molecule has 3 aromatic rings. The molecule has 0 radical (unpaired) electrons. The van der Waals surface area contributed by atoms with Crippen molar-refractivity contribution in [1.29, 1.82) is 0 Å². The van der Waals surface area contributed by atoms with E-state index in [1.807, 2.05) is 6.92 Å². The third-order valence-corrected chi connectivity index (χ3v) is 9.83. The molecule has 1 aliphatic rings. The van der Waals surface area contributed by atoms with Crippen molar-refractivity contribution < 1.29 is 18.0 Å². The van der Waals surface area contributed by atoms with Gasteiger partial charge in [-0.1, -0.05) is 78.4 Å². The Bertz CT molecular complexity index is 1460. The van der Waals surface area contributed by atoms with Crippen molar-refractivity contribution in [3.8, 4) is 0 Å². The van der Waals surface area contributed by atoms with Gasteiger partial charge in [0.1, 0.15) is 12.6 Å². The molecule has 0 aromatic heterocycles. The summed E-state index contributed by atoms with van der Waals surface area (Å²) >= 11 is 12.5. The van der Waals surface area contributed by atoms with Crippen LogP contribution in [-0.4, -0.2) is 43.8 Å². The number of hydrogen-bond acceptors (Lipinski definition) is 4. The molecule has 4 rings (SSSR count). The van der Waals surface area contributed by atoms with E-state index in [1.165, 1.54) is 17.0 Å². The molecule has 0 aliphatic heterocycles. The van der Waals surface area contributed by atoms with E-state index in [9.17, 15) is 18.0 Å². The number of hydrogen-bond donors (Lipinski definition) is 1. The smallest absolute Gasteiger partial charge is 0.264 e. The molecule has 2 amide bonds. The summed E-state index contributed by atoms with van der Waals surface area (Å²) < 4.78 is 28.8. The molecule has 41 heavy (non-hydrogen) atoms. The molecular formula is C31H35Cl2N3O4S. The summed E-state index contributed by atoms with van der Waals surface area (Å²) in [7, 11) is -4.15. The predicted octanol–water partition coefficient (Wildman–Crippen LogP) is 6.36. The van der Waals surface area contributed by atoms with Crippen molar-refractivity contribution in [2.24, 2.45) is 0 Å². The van der Waals surface area contributed by atoms with Gasteiger partial charge >= 0.3 is 0 Å². The van der Waals surface area contributed by atoms with Gasteiger partial charge in [0, 0.05) is 22.6 Å². The van der Waals surface area contributed by atoms with Gasteiger partial charge in [0.2, 0.25) is 11.8 Å². The van der Waals surface area contributed by atoms with Crippen LogP contribution in [-0.2, 0) is 26.2 Å². The summed E-state index contributed by atoms with van der Waals surface area (Å²) in [5, 5.41) is 3.98. The Balaban J connectivity index is 1.68. The number of halogens is 2. The van der Waals surface area contributed by atoms with Crippen LogP contribution in [0.25, 0.3) is 0 Å². The lowest BCUT2D eigenvalue weighted by Gasteiger charge is -2.33. The summed E-state index contributed by atoms with van der Waals surface area (Å²) in [6.07, 6.45) is 5.05. The van der Waals surface area contributed by atoms with Crippen molar-refractivity contribution >= 4 is 50.7 Å². The van der Waals surface area contributed by atoms with Crippen LogP contribution in [0.2, 0.25) is 10.0 Å². The second kappa shape index (κ2) is 13.7. The molecular weight excluding hydrogens is 581 g/mol. The van der Waals surface area contributed by atoms with Crippen molar-refractivity contribution in [1.82, 2.24) is 10.2 Å². The summed E-state index contributed by atoms with van der Waals surface area (Å²) in [4.78, 5) is 28.9. The average Bonchev–Trinajstić information content (AvgIpc) is 2.96. The van der Waals surface area contributed by atoms with E-state index in [0.717, 1.165) is 42.0 Å². The van der Waals surface area contributed by atoms with Crippen LogP contribution < -0.4 is 9.62 Å². The number of nitrogens with one attached hydrogen (secondary N) is 1. The van der Waals surface area contributed by atoms with Crippen molar-refractivity contribution in [2.45, 2.75) is 69.5 Å². The summed E-state index contributed by atoms with van der Waals surface area (Å²) in [5.74, 6) is -0.821. The van der Waals surface area contributed by atoms with Crippen LogP contribution in [0.5, 0.6) is 0 Å². The van der Waals surface area contributed by atoms with Crippen molar-refractivity contribution in [3.05, 3.63) is 94.0 Å². The first-order chi connectivity index (χ1) is 19.6. The maximum absolute atomic E-state index is 14.1. The van der Waals surface area contributed by atoms with E-state index in [0.29, 0.717) is 15.6 Å². The largest absolute Gasteiger partial charge is 0.352 e. The van der Waals surface area contributed by atoms with E-state index in [2.05, 4.69) is 5.32 Å². The second-order valence-corrected chi connectivity index (χ2v) is 13.1. The summed E-state index contributed by atoms with van der Waals surface area (Å²) in [6.45, 7) is 3.04. The highest BCUT2D eigenvalue weighted by Gasteiger charge is 2.33. The normalized spacial score (nSPS) is 14.7. The molecule has 10 heteroatoms. The van der Waals surface area contributed by atoms with E-state index in [4.69, 9.17) is 23.2 Å². The van der Waals surface area contributed by atoms with Gasteiger partial charge in [-0.2, -0.15) is 0 Å². The average molecular weight is 617 g/mol. The van der Waals surface area contributed by atoms with Crippen LogP contribution in [0.4, 0.5) is 5.69 Å². The lowest BCUT2D eigenvalue weighted by atomic mass is 9.95. The highest BCUT2D eigenvalue weighted by molar-refractivity contribution is 7.92. The van der Waals surface area contributed by atoms with Gasteiger partial charge in [-0.3, -0.25) is 13.9 Å². The van der Waals surface area contributed by atoms with Gasteiger partial charge in [0.15, 0.2) is 0 Å².